The Balaban J connectivity index is 1.01. The molecular formula is C33H36ClF3N10O6. The number of hydrogen-bond acceptors (Lipinski definition) is 9. The molecule has 5 atom stereocenters. The molecule has 20 heteroatoms. The van der Waals surface area contributed by atoms with E-state index in [9.17, 15) is 37.5 Å². The molecule has 2 aliphatic heterocycles. The first-order valence-electron chi connectivity index (χ1n) is 16.5. The smallest absolute Gasteiger partial charge is 0.435 e. The Morgan fingerprint density at radius 3 is 2.38 bits per heavy atom. The first-order valence-corrected chi connectivity index (χ1v) is 16.9. The van der Waals surface area contributed by atoms with E-state index in [1.54, 1.807) is 31.7 Å². The largest absolute Gasteiger partial charge is 0.444 e. The number of halogens is 4. The maximum atomic E-state index is 13.7. The summed E-state index contributed by atoms with van der Waals surface area (Å²) in [6.07, 6.45) is -4.18. The Labute approximate surface area is 305 Å². The van der Waals surface area contributed by atoms with Crippen LogP contribution in [0.15, 0.2) is 30.6 Å². The summed E-state index contributed by atoms with van der Waals surface area (Å²) in [7, 11) is 1.36. The monoisotopic (exact) mass is 760 g/mol. The van der Waals surface area contributed by atoms with E-state index >= 15 is 0 Å². The van der Waals surface area contributed by atoms with Gasteiger partial charge < -0.3 is 40.2 Å². The standard InChI is InChI=1S/C33H36ClF3N10O6/c1-32(2,3)53-31(52)46-14-22(24(48)15-46)41-30(51)45-11-18-19(12-45)25(18)42-28(49)17-6-5-16(9-21(17)34)40-29(50)27-39-10-23(44(27)4)20-13-47(8-7-38)43-26(20)33(35,36)37/h5-6,9-10,13,18-19,22,24-25,48H,8,11-12,14-15H2,1-4H3,(H,40,50)(H,41,51)(H,42,49)/t18-,19+,22-,24-,25?/m0/s1. The zero-order chi connectivity index (χ0) is 38.6. The number of benzene rings is 1. The maximum Gasteiger partial charge on any atom is 0.435 e. The van der Waals surface area contributed by atoms with Gasteiger partial charge in [-0.3, -0.25) is 14.3 Å². The average molecular weight is 761 g/mol. The lowest BCUT2D eigenvalue weighted by Crippen LogP contribution is -2.50. The molecule has 0 spiro atoms. The second kappa shape index (κ2) is 13.9. The third-order valence-corrected chi connectivity index (χ3v) is 9.54. The molecule has 3 aliphatic rings. The van der Waals surface area contributed by atoms with E-state index < -0.39 is 54.1 Å². The summed E-state index contributed by atoms with van der Waals surface area (Å²) in [5.41, 5.74) is -1.99. The Morgan fingerprint density at radius 1 is 1.06 bits per heavy atom. The summed E-state index contributed by atoms with van der Waals surface area (Å²) in [5.74, 6) is -1.39. The number of aromatic nitrogens is 4. The maximum absolute atomic E-state index is 13.7. The van der Waals surface area contributed by atoms with Gasteiger partial charge in [0.2, 0.25) is 0 Å². The normalized spacial score (nSPS) is 22.2. The average Bonchev–Trinajstić information content (AvgIpc) is 3.60. The number of ether oxygens (including phenoxy) is 1. The Hall–Kier alpha value is -5.35. The van der Waals surface area contributed by atoms with Crippen LogP contribution in [0.3, 0.4) is 0 Å². The highest BCUT2D eigenvalue weighted by atomic mass is 35.5. The Morgan fingerprint density at radius 2 is 1.75 bits per heavy atom. The Bertz CT molecular complexity index is 1990. The quantitative estimate of drug-likeness (QED) is 0.280. The number of carbonyl (C=O) groups excluding carboxylic acids is 4. The molecule has 1 aliphatic carbocycles. The molecule has 1 unspecified atom stereocenters. The molecule has 53 heavy (non-hydrogen) atoms. The van der Waals surface area contributed by atoms with Gasteiger partial charge in [-0.05, 0) is 39.0 Å². The van der Waals surface area contributed by atoms with Crippen molar-refractivity contribution in [1.82, 2.24) is 39.8 Å². The summed E-state index contributed by atoms with van der Waals surface area (Å²) in [6.45, 7) is 5.72. The number of nitriles is 1. The molecule has 6 rings (SSSR count). The molecule has 5 amide bonds. The topological polar surface area (TPSA) is 200 Å². The Kier molecular flexibility index (Phi) is 9.81. The van der Waals surface area contributed by atoms with Crippen molar-refractivity contribution in [2.24, 2.45) is 18.9 Å². The van der Waals surface area contributed by atoms with Crippen molar-refractivity contribution in [3.05, 3.63) is 52.7 Å². The number of fused-ring (bicyclic) bond motifs is 1. The van der Waals surface area contributed by atoms with Gasteiger partial charge in [0, 0.05) is 56.4 Å². The fraction of sp³-hybridized carbons (Fsp3) is 0.485. The summed E-state index contributed by atoms with van der Waals surface area (Å²) >= 11 is 6.41. The zero-order valence-electron chi connectivity index (χ0n) is 28.9. The van der Waals surface area contributed by atoms with E-state index in [0.717, 1.165) is 21.6 Å². The van der Waals surface area contributed by atoms with Gasteiger partial charge in [0.1, 0.15) is 12.1 Å². The van der Waals surface area contributed by atoms with Crippen molar-refractivity contribution in [3.63, 3.8) is 0 Å². The van der Waals surface area contributed by atoms with Crippen LogP contribution in [-0.4, -0.2) is 108 Å². The van der Waals surface area contributed by atoms with Crippen LogP contribution >= 0.6 is 11.6 Å². The molecule has 3 aromatic rings. The molecule has 4 heterocycles. The SMILES string of the molecule is Cn1c(-c2cn(CC#N)nc2C(F)(F)F)cnc1C(=O)Nc1ccc(C(=O)NC2[C@H]3CN(C(=O)N[C@H]4CN(C(=O)OC(C)(C)C)C[C@@H]4O)C[C@@H]23)c(Cl)c1. The van der Waals surface area contributed by atoms with E-state index in [0.29, 0.717) is 13.1 Å². The predicted molar refractivity (Wildman–Crippen MR) is 180 cm³/mol. The lowest BCUT2D eigenvalue weighted by atomic mass is 10.2. The molecule has 282 valence electrons. The van der Waals surface area contributed by atoms with E-state index in [1.165, 1.54) is 30.1 Å². The number of nitrogens with zero attached hydrogens (tertiary/aromatic N) is 7. The number of β-amino-alcohol motifs (C(OH)–C–C–N with tert-alkyl or cyclic N) is 1. The molecule has 0 radical (unpaired) electrons. The number of hydrogen-bond donors (Lipinski definition) is 4. The summed E-state index contributed by atoms with van der Waals surface area (Å²) in [6, 6.07) is 4.72. The number of aliphatic hydroxyl groups is 1. The van der Waals surface area contributed by atoms with Crippen LogP contribution < -0.4 is 16.0 Å². The molecule has 2 saturated heterocycles. The third-order valence-electron chi connectivity index (χ3n) is 9.23. The second-order valence-corrected chi connectivity index (χ2v) is 14.6. The minimum Gasteiger partial charge on any atom is -0.444 e. The van der Waals surface area contributed by atoms with Gasteiger partial charge in [-0.1, -0.05) is 11.6 Å². The summed E-state index contributed by atoms with van der Waals surface area (Å²) in [5, 5.41) is 31.1. The number of urea groups is 1. The van der Waals surface area contributed by atoms with Crippen LogP contribution in [0.4, 0.5) is 28.4 Å². The number of nitrogens with one attached hydrogen (secondary N) is 3. The molecule has 0 bridgehead atoms. The van der Waals surface area contributed by atoms with Crippen LogP contribution in [0, 0.1) is 23.2 Å². The number of rotatable bonds is 7. The number of likely N-dealkylation sites (tertiary alicyclic amines) is 2. The minimum absolute atomic E-state index is 0.0179. The molecular weight excluding hydrogens is 725 g/mol. The predicted octanol–water partition coefficient (Wildman–Crippen LogP) is 3.08. The van der Waals surface area contributed by atoms with Gasteiger partial charge >= 0.3 is 18.3 Å². The van der Waals surface area contributed by atoms with E-state index in [1.807, 2.05) is 0 Å². The van der Waals surface area contributed by atoms with Crippen molar-refractivity contribution >= 4 is 41.2 Å². The highest BCUT2D eigenvalue weighted by Gasteiger charge is 2.57. The molecule has 2 aromatic heterocycles. The highest BCUT2D eigenvalue weighted by Crippen LogP contribution is 2.46. The third kappa shape index (κ3) is 7.88. The number of carbonyl (C=O) groups is 4. The van der Waals surface area contributed by atoms with Crippen molar-refractivity contribution in [1.29, 1.82) is 5.26 Å². The molecule has 1 saturated carbocycles. The van der Waals surface area contributed by atoms with E-state index in [-0.39, 0.29) is 70.4 Å². The second-order valence-electron chi connectivity index (χ2n) is 14.2. The first kappa shape index (κ1) is 37.4. The van der Waals surface area contributed by atoms with Gasteiger partial charge in [-0.25, -0.2) is 14.6 Å². The fourth-order valence-corrected chi connectivity index (χ4v) is 6.86. The van der Waals surface area contributed by atoms with Gasteiger partial charge in [-0.2, -0.15) is 23.5 Å². The van der Waals surface area contributed by atoms with Gasteiger partial charge in [0.05, 0.1) is 52.8 Å². The van der Waals surface area contributed by atoms with Gasteiger partial charge in [0.25, 0.3) is 11.8 Å². The zero-order valence-corrected chi connectivity index (χ0v) is 29.7. The van der Waals surface area contributed by atoms with Crippen LogP contribution in [-0.2, 0) is 24.5 Å². The first-order chi connectivity index (χ1) is 24.8. The van der Waals surface area contributed by atoms with E-state index in [4.69, 9.17) is 21.6 Å². The van der Waals surface area contributed by atoms with Crippen LogP contribution in [0.25, 0.3) is 11.3 Å². The minimum atomic E-state index is -4.82. The number of amides is 5. The number of alkyl halides is 3. The van der Waals surface area contributed by atoms with Crippen LogP contribution in [0.1, 0.15) is 47.4 Å². The van der Waals surface area contributed by atoms with Crippen LogP contribution in [0.5, 0.6) is 0 Å². The number of imidazole rings is 1. The van der Waals surface area contributed by atoms with Crippen molar-refractivity contribution in [2.75, 3.05) is 31.5 Å². The fourth-order valence-electron chi connectivity index (χ4n) is 6.60. The number of piperidine rings is 1. The van der Waals surface area contributed by atoms with Crippen molar-refractivity contribution in [3.8, 4) is 17.3 Å². The lowest BCUT2D eigenvalue weighted by Gasteiger charge is -2.25. The summed E-state index contributed by atoms with van der Waals surface area (Å²) < 4.78 is 48.4. The molecule has 1 aromatic carbocycles. The van der Waals surface area contributed by atoms with Crippen LogP contribution in [0.2, 0.25) is 5.02 Å². The highest BCUT2D eigenvalue weighted by molar-refractivity contribution is 6.34. The van der Waals surface area contributed by atoms with E-state index in [2.05, 4.69) is 26.0 Å². The lowest BCUT2D eigenvalue weighted by molar-refractivity contribution is -0.141. The molecule has 3 fully saturated rings. The molecule has 16 nitrogen and oxygen atoms in total. The number of anilines is 1. The van der Waals surface area contributed by atoms with Crippen molar-refractivity contribution < 1.29 is 42.2 Å². The summed E-state index contributed by atoms with van der Waals surface area (Å²) in [4.78, 5) is 58.5. The van der Waals surface area contributed by atoms with Crippen molar-refractivity contribution in [2.45, 2.75) is 57.3 Å². The van der Waals surface area contributed by atoms with Gasteiger partial charge in [-0.15, -0.1) is 0 Å². The molecule has 4 N–H and O–H groups in total. The number of aliphatic hydroxyl groups excluding tert-OH is 1. The van der Waals surface area contributed by atoms with Gasteiger partial charge in [0.15, 0.2) is 11.5 Å².